The van der Waals surface area contributed by atoms with Crippen LogP contribution in [0.25, 0.3) is 0 Å². The summed E-state index contributed by atoms with van der Waals surface area (Å²) in [5, 5.41) is 16.4. The van der Waals surface area contributed by atoms with E-state index in [-0.39, 0.29) is 5.91 Å². The van der Waals surface area contributed by atoms with E-state index in [1.807, 2.05) is 44.2 Å². The summed E-state index contributed by atoms with van der Waals surface area (Å²) in [6.45, 7) is 4.54. The number of aryl methyl sites for hydroxylation is 2. The highest BCUT2D eigenvalue weighted by Crippen LogP contribution is 2.13. The Morgan fingerprint density at radius 2 is 2.10 bits per heavy atom. The third kappa shape index (κ3) is 3.29. The highest BCUT2D eigenvalue weighted by molar-refractivity contribution is 5.93. The van der Waals surface area contributed by atoms with Gasteiger partial charge in [0.2, 0.25) is 0 Å². The number of nitrogens with zero attached hydrogens (tertiary/aromatic N) is 3. The summed E-state index contributed by atoms with van der Waals surface area (Å²) in [5.74, 6) is -0.278. The van der Waals surface area contributed by atoms with Crippen LogP contribution in [0.5, 0.6) is 0 Å². The quantitative estimate of drug-likeness (QED) is 0.915. The average molecular weight is 282 g/mol. The first kappa shape index (κ1) is 14.8. The minimum absolute atomic E-state index is 0.278. The van der Waals surface area contributed by atoms with E-state index in [1.54, 1.807) is 10.7 Å². The zero-order valence-corrected chi connectivity index (χ0v) is 12.2. The minimum Gasteiger partial charge on any atom is -0.331 e. The number of carbonyl (C=O) groups excluding carboxylic acids is 1. The molecule has 1 unspecified atom stereocenters. The van der Waals surface area contributed by atoms with Gasteiger partial charge in [-0.05, 0) is 25.0 Å². The van der Waals surface area contributed by atoms with Crippen LogP contribution in [0.2, 0.25) is 0 Å². The summed E-state index contributed by atoms with van der Waals surface area (Å²) < 4.78 is 1.66. The molecule has 0 radical (unpaired) electrons. The fraction of sp³-hybridized carbons (Fsp3) is 0.312. The predicted octanol–water partition coefficient (Wildman–Crippen LogP) is 2.46. The minimum atomic E-state index is -0.663. The van der Waals surface area contributed by atoms with Crippen LogP contribution in [0.4, 0.5) is 0 Å². The zero-order valence-electron chi connectivity index (χ0n) is 12.2. The molecule has 0 bridgehead atoms. The normalized spacial score (nSPS) is 11.7. The first-order valence-electron chi connectivity index (χ1n) is 7.01. The van der Waals surface area contributed by atoms with E-state index >= 15 is 0 Å². The molecule has 1 heterocycles. The molecule has 21 heavy (non-hydrogen) atoms. The molecule has 0 fully saturated rings. The Labute approximate surface area is 124 Å². The van der Waals surface area contributed by atoms with Gasteiger partial charge in [0.15, 0.2) is 0 Å². The molecule has 2 rings (SSSR count). The molecule has 5 nitrogen and oxygen atoms in total. The Morgan fingerprint density at radius 3 is 2.67 bits per heavy atom. The van der Waals surface area contributed by atoms with Gasteiger partial charge < -0.3 is 5.32 Å². The Hall–Kier alpha value is -2.61. The lowest BCUT2D eigenvalue weighted by Crippen LogP contribution is -2.29. The number of nitriles is 1. The second-order valence-corrected chi connectivity index (χ2v) is 4.64. The SMILES string of the molecule is CCc1cc(C(=O)NC(C#N)c2ccccc2)n(CC)n1. The van der Waals surface area contributed by atoms with Gasteiger partial charge in [-0.3, -0.25) is 9.48 Å². The molecule has 2 aromatic rings. The molecule has 0 aliphatic carbocycles. The van der Waals surface area contributed by atoms with Gasteiger partial charge in [-0.2, -0.15) is 10.4 Å². The standard InChI is InChI=1S/C16H18N4O/c1-3-13-10-15(20(4-2)19-13)16(21)18-14(11-17)12-8-6-5-7-9-12/h5-10,14H,3-4H2,1-2H3,(H,18,21). The summed E-state index contributed by atoms with van der Waals surface area (Å²) in [6, 6.07) is 12.4. The van der Waals surface area contributed by atoms with E-state index in [9.17, 15) is 10.1 Å². The van der Waals surface area contributed by atoms with Gasteiger partial charge in [-0.15, -0.1) is 0 Å². The summed E-state index contributed by atoms with van der Waals surface area (Å²) in [4.78, 5) is 12.4. The van der Waals surface area contributed by atoms with Gasteiger partial charge in [-0.1, -0.05) is 37.3 Å². The van der Waals surface area contributed by atoms with Crippen LogP contribution in [0, 0.1) is 11.3 Å². The molecule has 1 atom stereocenters. The van der Waals surface area contributed by atoms with Crippen molar-refractivity contribution in [2.45, 2.75) is 32.9 Å². The van der Waals surface area contributed by atoms with Gasteiger partial charge in [0.1, 0.15) is 11.7 Å². The second-order valence-electron chi connectivity index (χ2n) is 4.64. The number of benzene rings is 1. The predicted molar refractivity (Wildman–Crippen MR) is 79.5 cm³/mol. The van der Waals surface area contributed by atoms with Crippen LogP contribution >= 0.6 is 0 Å². The fourth-order valence-electron chi connectivity index (χ4n) is 2.11. The molecule has 0 aliphatic heterocycles. The summed E-state index contributed by atoms with van der Waals surface area (Å²) >= 11 is 0. The lowest BCUT2D eigenvalue weighted by atomic mass is 10.1. The Kier molecular flexibility index (Phi) is 4.72. The molecular weight excluding hydrogens is 264 g/mol. The molecule has 1 aromatic carbocycles. The lowest BCUT2D eigenvalue weighted by molar-refractivity contribution is 0.0934. The molecule has 0 saturated heterocycles. The number of aromatic nitrogens is 2. The van der Waals surface area contributed by atoms with Crippen molar-refractivity contribution in [2.75, 3.05) is 0 Å². The van der Waals surface area contributed by atoms with Crippen LogP contribution in [0.1, 0.15) is 41.6 Å². The third-order valence-corrected chi connectivity index (χ3v) is 3.26. The van der Waals surface area contributed by atoms with Gasteiger partial charge in [0.25, 0.3) is 5.91 Å². The summed E-state index contributed by atoms with van der Waals surface area (Å²) in [5.41, 5.74) is 2.13. The first-order chi connectivity index (χ1) is 10.2. The molecule has 1 aromatic heterocycles. The van der Waals surface area contributed by atoms with Gasteiger partial charge >= 0.3 is 0 Å². The average Bonchev–Trinajstić information content (AvgIpc) is 2.96. The maximum absolute atomic E-state index is 12.4. The van der Waals surface area contributed by atoms with Crippen molar-refractivity contribution in [2.24, 2.45) is 0 Å². The number of hydrogen-bond acceptors (Lipinski definition) is 3. The largest absolute Gasteiger partial charge is 0.331 e. The number of amides is 1. The van der Waals surface area contributed by atoms with Gasteiger partial charge in [-0.25, -0.2) is 0 Å². The summed E-state index contributed by atoms with van der Waals surface area (Å²) in [7, 11) is 0. The van der Waals surface area contributed by atoms with E-state index < -0.39 is 6.04 Å². The molecule has 0 saturated carbocycles. The number of nitrogens with one attached hydrogen (secondary N) is 1. The molecule has 1 amide bonds. The monoisotopic (exact) mass is 282 g/mol. The van der Waals surface area contributed by atoms with Crippen molar-refractivity contribution in [1.29, 1.82) is 5.26 Å². The maximum atomic E-state index is 12.4. The van der Waals surface area contributed by atoms with Crippen molar-refractivity contribution >= 4 is 5.91 Å². The lowest BCUT2D eigenvalue weighted by Gasteiger charge is -2.12. The third-order valence-electron chi connectivity index (χ3n) is 3.26. The molecule has 0 spiro atoms. The van der Waals surface area contributed by atoms with Crippen LogP contribution in [-0.2, 0) is 13.0 Å². The van der Waals surface area contributed by atoms with Crippen molar-refractivity contribution in [3.05, 3.63) is 53.3 Å². The van der Waals surface area contributed by atoms with Crippen LogP contribution in [0.3, 0.4) is 0 Å². The molecule has 5 heteroatoms. The second kappa shape index (κ2) is 6.71. The van der Waals surface area contributed by atoms with Crippen LogP contribution in [-0.4, -0.2) is 15.7 Å². The van der Waals surface area contributed by atoms with E-state index in [2.05, 4.69) is 16.5 Å². The molecular formula is C16H18N4O. The number of carbonyl (C=O) groups is 1. The smallest absolute Gasteiger partial charge is 0.270 e. The highest BCUT2D eigenvalue weighted by Gasteiger charge is 2.18. The molecule has 108 valence electrons. The Balaban J connectivity index is 2.21. The molecule has 0 aliphatic rings. The van der Waals surface area contributed by atoms with E-state index in [4.69, 9.17) is 0 Å². The van der Waals surface area contributed by atoms with Gasteiger partial charge in [0.05, 0.1) is 11.8 Å². The number of rotatable bonds is 5. The van der Waals surface area contributed by atoms with E-state index in [0.717, 1.165) is 17.7 Å². The van der Waals surface area contributed by atoms with Crippen LogP contribution in [0.15, 0.2) is 36.4 Å². The van der Waals surface area contributed by atoms with E-state index in [0.29, 0.717) is 12.2 Å². The fourth-order valence-corrected chi connectivity index (χ4v) is 2.11. The Morgan fingerprint density at radius 1 is 1.38 bits per heavy atom. The van der Waals surface area contributed by atoms with Gasteiger partial charge in [0, 0.05) is 6.54 Å². The van der Waals surface area contributed by atoms with Crippen LogP contribution < -0.4 is 5.32 Å². The maximum Gasteiger partial charge on any atom is 0.270 e. The summed E-state index contributed by atoms with van der Waals surface area (Å²) in [6.07, 6.45) is 0.771. The Bertz CT molecular complexity index is 655. The van der Waals surface area contributed by atoms with E-state index in [1.165, 1.54) is 0 Å². The van der Waals surface area contributed by atoms with Crippen molar-refractivity contribution in [3.8, 4) is 6.07 Å². The number of hydrogen-bond donors (Lipinski definition) is 1. The van der Waals surface area contributed by atoms with Crippen molar-refractivity contribution in [3.63, 3.8) is 0 Å². The first-order valence-corrected chi connectivity index (χ1v) is 7.01. The molecule has 1 N–H and O–H groups in total. The van der Waals surface area contributed by atoms with Crippen molar-refractivity contribution in [1.82, 2.24) is 15.1 Å². The van der Waals surface area contributed by atoms with Crippen molar-refractivity contribution < 1.29 is 4.79 Å². The highest BCUT2D eigenvalue weighted by atomic mass is 16.2. The topological polar surface area (TPSA) is 70.7 Å². The zero-order chi connectivity index (χ0) is 15.2.